The van der Waals surface area contributed by atoms with Crippen molar-refractivity contribution >= 4 is 22.4 Å². The van der Waals surface area contributed by atoms with Crippen molar-refractivity contribution < 1.29 is 9.90 Å². The fraction of sp³-hybridized carbons (Fsp3) is 0.600. The Labute approximate surface area is 97.7 Å². The summed E-state index contributed by atoms with van der Waals surface area (Å²) >= 11 is 1.24. The summed E-state index contributed by atoms with van der Waals surface area (Å²) in [6, 6.07) is -0.149. The minimum absolute atomic E-state index is 0.149. The molecule has 5 nitrogen and oxygen atoms in total. The van der Waals surface area contributed by atoms with Crippen molar-refractivity contribution in [1.29, 1.82) is 0 Å². The van der Waals surface area contributed by atoms with E-state index in [9.17, 15) is 9.90 Å². The lowest BCUT2D eigenvalue weighted by molar-refractivity contribution is 0.0714. The van der Waals surface area contributed by atoms with Gasteiger partial charge in [0.25, 0.3) is 5.91 Å². The van der Waals surface area contributed by atoms with Crippen molar-refractivity contribution in [2.75, 3.05) is 5.73 Å². The van der Waals surface area contributed by atoms with E-state index in [1.165, 1.54) is 11.3 Å². The van der Waals surface area contributed by atoms with E-state index in [1.807, 2.05) is 0 Å². The molecular formula is C10H15N3O2S. The summed E-state index contributed by atoms with van der Waals surface area (Å²) in [5.74, 6) is -0.251. The van der Waals surface area contributed by atoms with Crippen LogP contribution in [0.2, 0.25) is 0 Å². The van der Waals surface area contributed by atoms with Crippen molar-refractivity contribution in [2.24, 2.45) is 0 Å². The highest BCUT2D eigenvalue weighted by Gasteiger charge is 2.25. The van der Waals surface area contributed by atoms with Crippen LogP contribution in [0.5, 0.6) is 0 Å². The molecule has 1 aromatic rings. The first kappa shape index (κ1) is 11.3. The van der Waals surface area contributed by atoms with Gasteiger partial charge in [-0.1, -0.05) is 12.8 Å². The average molecular weight is 241 g/mol. The average Bonchev–Trinajstić information content (AvgIpc) is 2.68. The molecule has 0 bridgehead atoms. The van der Waals surface area contributed by atoms with Crippen LogP contribution in [0.4, 0.5) is 5.13 Å². The van der Waals surface area contributed by atoms with Crippen LogP contribution in [0.15, 0.2) is 5.38 Å². The molecule has 1 aliphatic rings. The van der Waals surface area contributed by atoms with Crippen molar-refractivity contribution in [3.05, 3.63) is 11.1 Å². The number of carbonyl (C=O) groups is 1. The van der Waals surface area contributed by atoms with E-state index in [0.717, 1.165) is 25.7 Å². The fourth-order valence-electron chi connectivity index (χ4n) is 1.91. The van der Waals surface area contributed by atoms with Crippen LogP contribution in [0.1, 0.15) is 36.2 Å². The van der Waals surface area contributed by atoms with E-state index in [1.54, 1.807) is 5.38 Å². The van der Waals surface area contributed by atoms with Crippen LogP contribution in [0.25, 0.3) is 0 Å². The topological polar surface area (TPSA) is 88.2 Å². The van der Waals surface area contributed by atoms with Gasteiger partial charge in [0.15, 0.2) is 5.13 Å². The number of anilines is 1. The number of rotatable bonds is 2. The third-order valence-corrected chi connectivity index (χ3v) is 3.47. The fourth-order valence-corrected chi connectivity index (χ4v) is 2.46. The minimum atomic E-state index is -0.436. The quantitative estimate of drug-likeness (QED) is 0.713. The van der Waals surface area contributed by atoms with Crippen molar-refractivity contribution in [1.82, 2.24) is 10.3 Å². The molecule has 0 aliphatic heterocycles. The number of aromatic nitrogens is 1. The molecular weight excluding hydrogens is 226 g/mol. The molecule has 2 atom stereocenters. The van der Waals surface area contributed by atoms with E-state index >= 15 is 0 Å². The van der Waals surface area contributed by atoms with E-state index < -0.39 is 6.10 Å². The van der Waals surface area contributed by atoms with Gasteiger partial charge in [-0.2, -0.15) is 0 Å². The third-order valence-electron chi connectivity index (χ3n) is 2.80. The maximum atomic E-state index is 11.7. The highest BCUT2D eigenvalue weighted by atomic mass is 32.1. The van der Waals surface area contributed by atoms with Gasteiger partial charge < -0.3 is 16.2 Å². The second kappa shape index (κ2) is 4.80. The van der Waals surface area contributed by atoms with Crippen LogP contribution in [0, 0.1) is 0 Å². The Morgan fingerprint density at radius 3 is 2.94 bits per heavy atom. The Balaban J connectivity index is 1.96. The Morgan fingerprint density at radius 2 is 2.31 bits per heavy atom. The Hall–Kier alpha value is -1.14. The van der Waals surface area contributed by atoms with Crippen LogP contribution < -0.4 is 11.1 Å². The molecule has 0 spiro atoms. The van der Waals surface area contributed by atoms with Crippen molar-refractivity contribution in [3.8, 4) is 0 Å². The van der Waals surface area contributed by atoms with Gasteiger partial charge in [-0.05, 0) is 12.8 Å². The molecule has 0 saturated heterocycles. The molecule has 0 aromatic carbocycles. The number of nitrogens with zero attached hydrogens (tertiary/aromatic N) is 1. The summed E-state index contributed by atoms with van der Waals surface area (Å²) in [5, 5.41) is 14.5. The van der Waals surface area contributed by atoms with E-state index in [2.05, 4.69) is 10.3 Å². The lowest BCUT2D eigenvalue weighted by Gasteiger charge is -2.27. The maximum absolute atomic E-state index is 11.7. The zero-order chi connectivity index (χ0) is 11.5. The molecule has 1 amide bonds. The SMILES string of the molecule is Nc1nc(C(=O)NC2CCCCC2O)cs1. The monoisotopic (exact) mass is 241 g/mol. The van der Waals surface area contributed by atoms with Gasteiger partial charge in [-0.25, -0.2) is 4.98 Å². The summed E-state index contributed by atoms with van der Waals surface area (Å²) in [7, 11) is 0. The molecule has 1 heterocycles. The lowest BCUT2D eigenvalue weighted by Crippen LogP contribution is -2.45. The smallest absolute Gasteiger partial charge is 0.271 e. The van der Waals surface area contributed by atoms with E-state index in [4.69, 9.17) is 5.73 Å². The summed E-state index contributed by atoms with van der Waals surface area (Å²) in [6.45, 7) is 0. The number of amides is 1. The zero-order valence-electron chi connectivity index (χ0n) is 8.85. The van der Waals surface area contributed by atoms with Gasteiger partial charge in [0.2, 0.25) is 0 Å². The Morgan fingerprint density at radius 1 is 1.56 bits per heavy atom. The number of thiazole rings is 1. The summed E-state index contributed by atoms with van der Waals surface area (Å²) < 4.78 is 0. The van der Waals surface area contributed by atoms with Gasteiger partial charge in [0.05, 0.1) is 12.1 Å². The standard InChI is InChI=1S/C10H15N3O2S/c11-10-13-7(5-16-10)9(15)12-6-3-1-2-4-8(6)14/h5-6,8,14H,1-4H2,(H2,11,13)(H,12,15). The number of nitrogens with two attached hydrogens (primary N) is 1. The van der Waals surface area contributed by atoms with Crippen LogP contribution in [-0.2, 0) is 0 Å². The minimum Gasteiger partial charge on any atom is -0.391 e. The van der Waals surface area contributed by atoms with Gasteiger partial charge in [0, 0.05) is 5.38 Å². The number of aliphatic hydroxyl groups is 1. The number of carbonyl (C=O) groups excluding carboxylic acids is 1. The van der Waals surface area contributed by atoms with Crippen LogP contribution >= 0.6 is 11.3 Å². The number of aliphatic hydroxyl groups excluding tert-OH is 1. The largest absolute Gasteiger partial charge is 0.391 e. The molecule has 2 unspecified atom stereocenters. The maximum Gasteiger partial charge on any atom is 0.271 e. The second-order valence-electron chi connectivity index (χ2n) is 4.00. The molecule has 16 heavy (non-hydrogen) atoms. The number of nitrogens with one attached hydrogen (secondary N) is 1. The molecule has 4 N–H and O–H groups in total. The molecule has 2 rings (SSSR count). The predicted molar refractivity (Wildman–Crippen MR) is 62.3 cm³/mol. The first-order valence-corrected chi connectivity index (χ1v) is 6.24. The molecule has 1 saturated carbocycles. The summed E-state index contributed by atoms with van der Waals surface area (Å²) in [6.07, 6.45) is 3.21. The van der Waals surface area contributed by atoms with Gasteiger partial charge in [-0.15, -0.1) is 11.3 Å². The molecule has 6 heteroatoms. The predicted octanol–water partition coefficient (Wildman–Crippen LogP) is 0.759. The highest BCUT2D eigenvalue weighted by Crippen LogP contribution is 2.19. The molecule has 0 radical (unpaired) electrons. The number of hydrogen-bond donors (Lipinski definition) is 3. The van der Waals surface area contributed by atoms with E-state index in [-0.39, 0.29) is 11.9 Å². The second-order valence-corrected chi connectivity index (χ2v) is 4.89. The Kier molecular flexibility index (Phi) is 3.40. The van der Waals surface area contributed by atoms with Crippen molar-refractivity contribution in [2.45, 2.75) is 37.8 Å². The molecule has 1 aliphatic carbocycles. The van der Waals surface area contributed by atoms with Gasteiger partial charge in [0.1, 0.15) is 5.69 Å². The normalized spacial score (nSPS) is 25.3. The van der Waals surface area contributed by atoms with E-state index in [0.29, 0.717) is 10.8 Å². The lowest BCUT2D eigenvalue weighted by atomic mass is 9.92. The third kappa shape index (κ3) is 2.51. The first-order chi connectivity index (χ1) is 7.66. The zero-order valence-corrected chi connectivity index (χ0v) is 9.67. The Bertz CT molecular complexity index is 380. The number of hydrogen-bond acceptors (Lipinski definition) is 5. The van der Waals surface area contributed by atoms with Crippen molar-refractivity contribution in [3.63, 3.8) is 0 Å². The summed E-state index contributed by atoms with van der Waals surface area (Å²) in [4.78, 5) is 15.6. The highest BCUT2D eigenvalue weighted by molar-refractivity contribution is 7.13. The molecule has 1 aromatic heterocycles. The van der Waals surface area contributed by atoms with Gasteiger partial charge in [-0.3, -0.25) is 4.79 Å². The molecule has 88 valence electrons. The van der Waals surface area contributed by atoms with Gasteiger partial charge >= 0.3 is 0 Å². The van der Waals surface area contributed by atoms with Crippen LogP contribution in [0.3, 0.4) is 0 Å². The van der Waals surface area contributed by atoms with Crippen LogP contribution in [-0.4, -0.2) is 28.1 Å². The number of nitrogen functional groups attached to an aromatic ring is 1. The molecule has 1 fully saturated rings. The first-order valence-electron chi connectivity index (χ1n) is 5.37. The summed E-state index contributed by atoms with van der Waals surface area (Å²) in [5.41, 5.74) is 5.79.